The number of para-hydroxylation sites is 1. The molecule has 0 saturated carbocycles. The zero-order valence-corrected chi connectivity index (χ0v) is 25.6. The summed E-state index contributed by atoms with van der Waals surface area (Å²) in [7, 11) is 1.53. The van der Waals surface area contributed by atoms with Crippen LogP contribution in [0.25, 0.3) is 6.08 Å². The monoisotopic (exact) mass is 631 g/mol. The molecule has 5 aromatic rings. The number of carbonyl (C=O) groups excluding carboxylic acids is 3. The van der Waals surface area contributed by atoms with E-state index in [1.54, 1.807) is 72.8 Å². The maximum atomic E-state index is 13.5. The fourth-order valence-electron chi connectivity index (χ4n) is 4.48. The van der Waals surface area contributed by atoms with Gasteiger partial charge in [0.1, 0.15) is 22.5 Å². The van der Waals surface area contributed by atoms with Crippen molar-refractivity contribution in [2.75, 3.05) is 17.7 Å². The summed E-state index contributed by atoms with van der Waals surface area (Å²) >= 11 is 1.34. The lowest BCUT2D eigenvalue weighted by Crippen LogP contribution is -2.30. The van der Waals surface area contributed by atoms with Gasteiger partial charge in [-0.1, -0.05) is 66.7 Å². The molecule has 0 fully saturated rings. The second kappa shape index (κ2) is 15.4. The number of halogens is 1. The number of anilines is 2. The Morgan fingerprint density at radius 1 is 0.717 bits per heavy atom. The van der Waals surface area contributed by atoms with E-state index in [1.807, 2.05) is 42.5 Å². The molecule has 0 saturated heterocycles. The van der Waals surface area contributed by atoms with E-state index in [0.717, 1.165) is 10.5 Å². The van der Waals surface area contributed by atoms with E-state index in [0.29, 0.717) is 28.3 Å². The van der Waals surface area contributed by atoms with Crippen LogP contribution in [0.2, 0.25) is 0 Å². The van der Waals surface area contributed by atoms with Gasteiger partial charge in [0.15, 0.2) is 0 Å². The molecule has 1 atom stereocenters. The number of carbonyl (C=O) groups is 3. The van der Waals surface area contributed by atoms with E-state index < -0.39 is 17.1 Å². The molecule has 0 bridgehead atoms. The maximum Gasteiger partial charge on any atom is 0.272 e. The van der Waals surface area contributed by atoms with E-state index in [1.165, 1.54) is 43.1 Å². The molecule has 9 heteroatoms. The first kappa shape index (κ1) is 31.7. The number of amides is 3. The van der Waals surface area contributed by atoms with Crippen LogP contribution in [0.15, 0.2) is 144 Å². The third-order valence-corrected chi connectivity index (χ3v) is 8.05. The minimum absolute atomic E-state index is 0.0263. The Morgan fingerprint density at radius 2 is 1.30 bits per heavy atom. The Hall–Kier alpha value is -5.67. The predicted octanol–water partition coefficient (Wildman–Crippen LogP) is 7.72. The summed E-state index contributed by atoms with van der Waals surface area (Å²) in [5.41, 5.74) is 2.81. The van der Waals surface area contributed by atoms with Crippen molar-refractivity contribution in [1.82, 2.24) is 5.32 Å². The van der Waals surface area contributed by atoms with E-state index in [-0.39, 0.29) is 17.4 Å². The van der Waals surface area contributed by atoms with E-state index in [2.05, 4.69) is 16.0 Å². The van der Waals surface area contributed by atoms with Crippen LogP contribution >= 0.6 is 11.8 Å². The zero-order valence-electron chi connectivity index (χ0n) is 24.8. The molecule has 0 aliphatic heterocycles. The summed E-state index contributed by atoms with van der Waals surface area (Å²) in [5, 5.41) is 7.83. The Balaban J connectivity index is 1.34. The van der Waals surface area contributed by atoms with Gasteiger partial charge in [-0.3, -0.25) is 14.4 Å². The largest absolute Gasteiger partial charge is 0.496 e. The highest BCUT2D eigenvalue weighted by atomic mass is 32.2. The molecular weight excluding hydrogens is 601 g/mol. The number of ether oxygens (including phenoxy) is 1. The predicted molar refractivity (Wildman–Crippen MR) is 180 cm³/mol. The van der Waals surface area contributed by atoms with Gasteiger partial charge in [0.2, 0.25) is 5.91 Å². The molecule has 0 heterocycles. The number of benzene rings is 5. The molecule has 5 aromatic carbocycles. The first-order valence-corrected chi connectivity index (χ1v) is 15.2. The summed E-state index contributed by atoms with van der Waals surface area (Å²) in [6, 6.07) is 37.7. The van der Waals surface area contributed by atoms with Gasteiger partial charge in [0.25, 0.3) is 11.8 Å². The van der Waals surface area contributed by atoms with Gasteiger partial charge in [0, 0.05) is 27.4 Å². The van der Waals surface area contributed by atoms with Crippen molar-refractivity contribution < 1.29 is 23.5 Å². The molecule has 46 heavy (non-hydrogen) atoms. The Morgan fingerprint density at radius 3 is 1.98 bits per heavy atom. The van der Waals surface area contributed by atoms with Crippen LogP contribution in [0.1, 0.15) is 26.7 Å². The van der Waals surface area contributed by atoms with Gasteiger partial charge in [-0.15, -0.1) is 11.8 Å². The van der Waals surface area contributed by atoms with Crippen LogP contribution < -0.4 is 20.7 Å². The van der Waals surface area contributed by atoms with Gasteiger partial charge in [-0.25, -0.2) is 4.39 Å². The standard InChI is InChI=1S/C37H30FN3O4S/c1-45-33-15-9-8-14-27(33)24-32(41-35(42)26-12-6-3-7-13-26)36(43)39-30-20-22-31(23-21-30)46-34(25-10-4-2-5-11-25)37(44)40-29-18-16-28(38)17-19-29/h2-24,34H,1H3,(H,39,43)(H,40,44)(H,41,42)/b32-24-. The van der Waals surface area contributed by atoms with Crippen molar-refractivity contribution >= 4 is 46.9 Å². The minimum Gasteiger partial charge on any atom is -0.496 e. The lowest BCUT2D eigenvalue weighted by atomic mass is 10.1. The molecule has 0 radical (unpaired) electrons. The minimum atomic E-state index is -0.602. The van der Waals surface area contributed by atoms with Crippen LogP contribution in [-0.2, 0) is 9.59 Å². The van der Waals surface area contributed by atoms with E-state index >= 15 is 0 Å². The number of methoxy groups -OCH3 is 1. The topological polar surface area (TPSA) is 96.5 Å². The lowest BCUT2D eigenvalue weighted by Gasteiger charge is -2.17. The van der Waals surface area contributed by atoms with Crippen molar-refractivity contribution in [2.45, 2.75) is 10.1 Å². The third kappa shape index (κ3) is 8.49. The zero-order chi connectivity index (χ0) is 32.3. The second-order valence-electron chi connectivity index (χ2n) is 10.0. The molecule has 0 aromatic heterocycles. The van der Waals surface area contributed by atoms with Gasteiger partial charge < -0.3 is 20.7 Å². The van der Waals surface area contributed by atoms with Crippen LogP contribution in [0.5, 0.6) is 5.75 Å². The average molecular weight is 632 g/mol. The first-order valence-electron chi connectivity index (χ1n) is 14.3. The van der Waals surface area contributed by atoms with E-state index in [9.17, 15) is 18.8 Å². The summed E-state index contributed by atoms with van der Waals surface area (Å²) in [4.78, 5) is 40.6. The number of rotatable bonds is 11. The molecule has 7 nitrogen and oxygen atoms in total. The molecule has 3 amide bonds. The Labute approximate surface area is 270 Å². The van der Waals surface area contributed by atoms with Gasteiger partial charge in [-0.2, -0.15) is 0 Å². The van der Waals surface area contributed by atoms with Crippen LogP contribution in [0, 0.1) is 5.82 Å². The highest BCUT2D eigenvalue weighted by Crippen LogP contribution is 2.37. The quantitative estimate of drug-likeness (QED) is 0.103. The van der Waals surface area contributed by atoms with Crippen molar-refractivity contribution in [3.8, 4) is 5.75 Å². The van der Waals surface area contributed by atoms with Gasteiger partial charge >= 0.3 is 0 Å². The molecule has 3 N–H and O–H groups in total. The normalized spacial score (nSPS) is 11.7. The molecule has 0 aliphatic carbocycles. The van der Waals surface area contributed by atoms with Crippen LogP contribution in [0.3, 0.4) is 0 Å². The molecule has 0 spiro atoms. The van der Waals surface area contributed by atoms with Crippen molar-refractivity contribution in [1.29, 1.82) is 0 Å². The molecular formula is C37H30FN3O4S. The number of thioether (sulfide) groups is 1. The van der Waals surface area contributed by atoms with Crippen LogP contribution in [-0.4, -0.2) is 24.8 Å². The maximum absolute atomic E-state index is 13.5. The summed E-state index contributed by atoms with van der Waals surface area (Å²) in [6.07, 6.45) is 1.56. The summed E-state index contributed by atoms with van der Waals surface area (Å²) < 4.78 is 18.8. The Bertz CT molecular complexity index is 1830. The SMILES string of the molecule is COc1ccccc1/C=C(\NC(=O)c1ccccc1)C(=O)Nc1ccc(SC(C(=O)Nc2ccc(F)cc2)c2ccccc2)cc1. The van der Waals surface area contributed by atoms with Gasteiger partial charge in [0.05, 0.1) is 7.11 Å². The molecule has 230 valence electrons. The fourth-order valence-corrected chi connectivity index (χ4v) is 5.50. The van der Waals surface area contributed by atoms with Gasteiger partial charge in [-0.05, 0) is 78.4 Å². The molecule has 1 unspecified atom stereocenters. The highest BCUT2D eigenvalue weighted by molar-refractivity contribution is 8.00. The van der Waals surface area contributed by atoms with E-state index in [4.69, 9.17) is 4.74 Å². The summed E-state index contributed by atoms with van der Waals surface area (Å²) in [6.45, 7) is 0. The molecule has 5 rings (SSSR count). The van der Waals surface area contributed by atoms with Crippen LogP contribution in [0.4, 0.5) is 15.8 Å². The third-order valence-electron chi connectivity index (χ3n) is 6.79. The summed E-state index contributed by atoms with van der Waals surface area (Å²) in [5.74, 6) is -1.08. The number of hydrogen-bond donors (Lipinski definition) is 3. The Kier molecular flexibility index (Phi) is 10.6. The van der Waals surface area contributed by atoms with Crippen molar-refractivity contribution in [2.24, 2.45) is 0 Å². The first-order chi connectivity index (χ1) is 22.4. The number of nitrogens with one attached hydrogen (secondary N) is 3. The van der Waals surface area contributed by atoms with Crippen molar-refractivity contribution in [3.63, 3.8) is 0 Å². The van der Waals surface area contributed by atoms with Crippen molar-refractivity contribution in [3.05, 3.63) is 162 Å². The smallest absolute Gasteiger partial charge is 0.272 e. The highest BCUT2D eigenvalue weighted by Gasteiger charge is 2.23. The number of hydrogen-bond acceptors (Lipinski definition) is 5. The lowest BCUT2D eigenvalue weighted by molar-refractivity contribution is -0.116. The molecule has 0 aliphatic rings. The average Bonchev–Trinajstić information content (AvgIpc) is 3.09. The fraction of sp³-hybridized carbons (Fsp3) is 0.0541. The second-order valence-corrected chi connectivity index (χ2v) is 11.2.